The van der Waals surface area contributed by atoms with Crippen LogP contribution in [0.3, 0.4) is 0 Å². The van der Waals surface area contributed by atoms with Crippen LogP contribution >= 0.6 is 0 Å². The van der Waals surface area contributed by atoms with Crippen LogP contribution in [-0.2, 0) is 5.41 Å². The van der Waals surface area contributed by atoms with Gasteiger partial charge >= 0.3 is 5.97 Å². The minimum absolute atomic E-state index is 0.00668. The fourth-order valence-corrected chi connectivity index (χ4v) is 2.05. The highest BCUT2D eigenvalue weighted by Crippen LogP contribution is 2.23. The lowest BCUT2D eigenvalue weighted by molar-refractivity contribution is 0.0697. The van der Waals surface area contributed by atoms with Crippen LogP contribution in [-0.4, -0.2) is 17.6 Å². The van der Waals surface area contributed by atoms with Crippen LogP contribution in [0.1, 0.15) is 29.8 Å². The van der Waals surface area contributed by atoms with E-state index in [1.165, 1.54) is 5.56 Å². The molecule has 0 bridgehead atoms. The van der Waals surface area contributed by atoms with Crippen molar-refractivity contribution in [3.63, 3.8) is 0 Å². The molecule has 0 spiro atoms. The molecule has 0 aliphatic heterocycles. The van der Waals surface area contributed by atoms with E-state index in [0.717, 1.165) is 12.2 Å². The summed E-state index contributed by atoms with van der Waals surface area (Å²) in [7, 11) is 0. The summed E-state index contributed by atoms with van der Waals surface area (Å²) in [5, 5.41) is 12.2. The molecule has 0 radical (unpaired) electrons. The van der Waals surface area contributed by atoms with Crippen LogP contribution < -0.4 is 5.32 Å². The average Bonchev–Trinajstić information content (AvgIpc) is 2.46. The monoisotopic (exact) mass is 269 g/mol. The van der Waals surface area contributed by atoms with Gasteiger partial charge in [-0.1, -0.05) is 44.2 Å². The first-order valence-electron chi connectivity index (χ1n) is 6.62. The van der Waals surface area contributed by atoms with Crippen molar-refractivity contribution in [2.24, 2.45) is 0 Å². The molecule has 3 heteroatoms. The SMILES string of the molecule is CC(C)(CNc1ccc(C(=O)O)cc1)c1ccccc1. The Morgan fingerprint density at radius 1 is 1.05 bits per heavy atom. The molecule has 2 aromatic rings. The van der Waals surface area contributed by atoms with Gasteiger partial charge in [0, 0.05) is 17.6 Å². The molecule has 0 saturated heterocycles. The van der Waals surface area contributed by atoms with Crippen LogP contribution in [0.25, 0.3) is 0 Å². The van der Waals surface area contributed by atoms with Gasteiger partial charge in [-0.15, -0.1) is 0 Å². The number of rotatable bonds is 5. The lowest BCUT2D eigenvalue weighted by Gasteiger charge is -2.26. The molecule has 0 fully saturated rings. The number of aromatic carboxylic acids is 1. The first-order valence-corrected chi connectivity index (χ1v) is 6.62. The van der Waals surface area contributed by atoms with Gasteiger partial charge in [0.2, 0.25) is 0 Å². The van der Waals surface area contributed by atoms with E-state index >= 15 is 0 Å². The molecule has 0 atom stereocenters. The average molecular weight is 269 g/mol. The number of benzene rings is 2. The lowest BCUT2D eigenvalue weighted by atomic mass is 9.84. The molecule has 0 heterocycles. The molecule has 20 heavy (non-hydrogen) atoms. The highest BCUT2D eigenvalue weighted by molar-refractivity contribution is 5.87. The number of carbonyl (C=O) groups is 1. The molecule has 2 N–H and O–H groups in total. The molecule has 0 aliphatic rings. The lowest BCUT2D eigenvalue weighted by Crippen LogP contribution is -2.27. The van der Waals surface area contributed by atoms with Crippen molar-refractivity contribution >= 4 is 11.7 Å². The summed E-state index contributed by atoms with van der Waals surface area (Å²) in [6.07, 6.45) is 0. The van der Waals surface area contributed by atoms with Gasteiger partial charge in [0.1, 0.15) is 0 Å². The first kappa shape index (κ1) is 14.1. The Morgan fingerprint density at radius 2 is 1.65 bits per heavy atom. The predicted molar refractivity (Wildman–Crippen MR) is 81.4 cm³/mol. The summed E-state index contributed by atoms with van der Waals surface area (Å²) in [5.41, 5.74) is 2.51. The van der Waals surface area contributed by atoms with Crippen molar-refractivity contribution in [3.05, 3.63) is 65.7 Å². The smallest absolute Gasteiger partial charge is 0.335 e. The molecular formula is C17H19NO2. The second-order valence-corrected chi connectivity index (χ2v) is 5.49. The van der Waals surface area contributed by atoms with E-state index in [0.29, 0.717) is 5.56 Å². The van der Waals surface area contributed by atoms with E-state index in [9.17, 15) is 4.79 Å². The number of carboxylic acid groups (broad SMARTS) is 1. The zero-order chi connectivity index (χ0) is 14.6. The summed E-state index contributed by atoms with van der Waals surface area (Å²) >= 11 is 0. The van der Waals surface area contributed by atoms with Crippen LogP contribution in [0.4, 0.5) is 5.69 Å². The zero-order valence-electron chi connectivity index (χ0n) is 11.8. The molecule has 0 amide bonds. The van der Waals surface area contributed by atoms with Crippen LogP contribution in [0.15, 0.2) is 54.6 Å². The number of hydrogen-bond acceptors (Lipinski definition) is 2. The minimum atomic E-state index is -0.902. The Labute approximate surface area is 119 Å². The largest absolute Gasteiger partial charge is 0.478 e. The number of anilines is 1. The number of nitrogens with one attached hydrogen (secondary N) is 1. The van der Waals surface area contributed by atoms with E-state index in [4.69, 9.17) is 5.11 Å². The summed E-state index contributed by atoms with van der Waals surface area (Å²) in [4.78, 5) is 10.8. The maximum absolute atomic E-state index is 10.8. The summed E-state index contributed by atoms with van der Waals surface area (Å²) in [5.74, 6) is -0.902. The van der Waals surface area contributed by atoms with Gasteiger partial charge in [0.05, 0.1) is 5.56 Å². The van der Waals surface area contributed by atoms with E-state index in [2.05, 4.69) is 31.3 Å². The van der Waals surface area contributed by atoms with E-state index < -0.39 is 5.97 Å². The maximum Gasteiger partial charge on any atom is 0.335 e. The highest BCUT2D eigenvalue weighted by atomic mass is 16.4. The molecule has 0 aliphatic carbocycles. The number of hydrogen-bond donors (Lipinski definition) is 2. The molecule has 0 aromatic heterocycles. The summed E-state index contributed by atoms with van der Waals surface area (Å²) in [6, 6.07) is 17.1. The third-order valence-corrected chi connectivity index (χ3v) is 3.42. The normalized spacial score (nSPS) is 11.1. The van der Waals surface area contributed by atoms with Crippen LogP contribution in [0.5, 0.6) is 0 Å². The zero-order valence-corrected chi connectivity index (χ0v) is 11.8. The van der Waals surface area contributed by atoms with Crippen LogP contribution in [0.2, 0.25) is 0 Å². The van der Waals surface area contributed by atoms with Crippen molar-refractivity contribution in [2.45, 2.75) is 19.3 Å². The van der Waals surface area contributed by atoms with Crippen LogP contribution in [0, 0.1) is 0 Å². The molecule has 104 valence electrons. The summed E-state index contributed by atoms with van der Waals surface area (Å²) < 4.78 is 0. The predicted octanol–water partition coefficient (Wildman–Crippen LogP) is 3.77. The van der Waals surface area contributed by atoms with Gasteiger partial charge in [-0.3, -0.25) is 0 Å². The molecule has 2 rings (SSSR count). The quantitative estimate of drug-likeness (QED) is 0.868. The molecule has 3 nitrogen and oxygen atoms in total. The molecular weight excluding hydrogens is 250 g/mol. The summed E-state index contributed by atoms with van der Waals surface area (Å²) in [6.45, 7) is 5.14. The van der Waals surface area contributed by atoms with Gasteiger partial charge in [0.15, 0.2) is 0 Å². The first-order chi connectivity index (χ1) is 9.49. The van der Waals surface area contributed by atoms with E-state index in [-0.39, 0.29) is 5.41 Å². The van der Waals surface area contributed by atoms with Crippen molar-refractivity contribution in [1.82, 2.24) is 0 Å². The second-order valence-electron chi connectivity index (χ2n) is 5.49. The molecule has 0 unspecified atom stereocenters. The van der Waals surface area contributed by atoms with Gasteiger partial charge in [-0.25, -0.2) is 4.79 Å². The number of carboxylic acids is 1. The fraction of sp³-hybridized carbons (Fsp3) is 0.235. The van der Waals surface area contributed by atoms with E-state index in [1.807, 2.05) is 18.2 Å². The van der Waals surface area contributed by atoms with Crippen molar-refractivity contribution in [2.75, 3.05) is 11.9 Å². The second kappa shape index (κ2) is 5.78. The Kier molecular flexibility index (Phi) is 4.08. The van der Waals surface area contributed by atoms with Gasteiger partial charge < -0.3 is 10.4 Å². The van der Waals surface area contributed by atoms with Gasteiger partial charge in [-0.2, -0.15) is 0 Å². The Balaban J connectivity index is 2.03. The molecule has 2 aromatic carbocycles. The topological polar surface area (TPSA) is 49.3 Å². The Morgan fingerprint density at radius 3 is 2.20 bits per heavy atom. The van der Waals surface area contributed by atoms with E-state index in [1.54, 1.807) is 24.3 Å². The third-order valence-electron chi connectivity index (χ3n) is 3.42. The Hall–Kier alpha value is -2.29. The highest BCUT2D eigenvalue weighted by Gasteiger charge is 2.19. The van der Waals surface area contributed by atoms with Gasteiger partial charge in [-0.05, 0) is 29.8 Å². The van der Waals surface area contributed by atoms with Crippen molar-refractivity contribution < 1.29 is 9.90 Å². The van der Waals surface area contributed by atoms with Gasteiger partial charge in [0.25, 0.3) is 0 Å². The Bertz CT molecular complexity index is 574. The standard InChI is InChI=1S/C17H19NO2/c1-17(2,14-6-4-3-5-7-14)12-18-15-10-8-13(9-11-15)16(19)20/h3-11,18H,12H2,1-2H3,(H,19,20). The fourth-order valence-electron chi connectivity index (χ4n) is 2.05. The third kappa shape index (κ3) is 3.38. The molecule has 0 saturated carbocycles. The van der Waals surface area contributed by atoms with Crippen molar-refractivity contribution in [1.29, 1.82) is 0 Å². The minimum Gasteiger partial charge on any atom is -0.478 e. The van der Waals surface area contributed by atoms with Crippen molar-refractivity contribution in [3.8, 4) is 0 Å². The maximum atomic E-state index is 10.8.